The number of benzene rings is 2. The second-order valence-corrected chi connectivity index (χ2v) is 4.79. The zero-order valence-corrected chi connectivity index (χ0v) is 13.3. The predicted octanol–water partition coefficient (Wildman–Crippen LogP) is 2.67. The van der Waals surface area contributed by atoms with E-state index in [1.165, 1.54) is 26.4 Å². The standard InChI is InChI=1S/C17H17FN2O4/c1-23-15-6-4-3-5-14(15)20-16(21)10-19-11-7-8-13(18)12(9-11)17(22)24-2/h3-9,19H,10H2,1-2H3,(H,20,21). The number of methoxy groups -OCH3 is 2. The lowest BCUT2D eigenvalue weighted by molar-refractivity contribution is -0.114. The maximum atomic E-state index is 13.6. The van der Waals surface area contributed by atoms with Crippen molar-refractivity contribution < 1.29 is 23.5 Å². The van der Waals surface area contributed by atoms with Gasteiger partial charge >= 0.3 is 5.97 Å². The number of ether oxygens (including phenoxy) is 2. The van der Waals surface area contributed by atoms with Crippen molar-refractivity contribution in [3.8, 4) is 5.75 Å². The van der Waals surface area contributed by atoms with E-state index in [9.17, 15) is 14.0 Å². The summed E-state index contributed by atoms with van der Waals surface area (Å²) in [5.74, 6) is -1.25. The SMILES string of the molecule is COC(=O)c1cc(NCC(=O)Nc2ccccc2OC)ccc1F. The molecule has 0 atom stereocenters. The number of carbonyl (C=O) groups excluding carboxylic acids is 2. The first-order valence-electron chi connectivity index (χ1n) is 7.09. The normalized spacial score (nSPS) is 9.96. The summed E-state index contributed by atoms with van der Waals surface area (Å²) in [6, 6.07) is 10.9. The molecule has 0 bridgehead atoms. The van der Waals surface area contributed by atoms with Gasteiger partial charge in [0.15, 0.2) is 0 Å². The van der Waals surface area contributed by atoms with E-state index in [1.807, 2.05) is 0 Å². The number of para-hydroxylation sites is 2. The molecule has 0 aromatic heterocycles. The molecule has 0 heterocycles. The summed E-state index contributed by atoms with van der Waals surface area (Å²) >= 11 is 0. The Balaban J connectivity index is 2.00. The second kappa shape index (κ2) is 7.96. The van der Waals surface area contributed by atoms with Gasteiger partial charge in [-0.05, 0) is 30.3 Å². The molecule has 0 fully saturated rings. The van der Waals surface area contributed by atoms with Crippen molar-refractivity contribution in [2.45, 2.75) is 0 Å². The van der Waals surface area contributed by atoms with Crippen molar-refractivity contribution in [3.63, 3.8) is 0 Å². The first-order chi connectivity index (χ1) is 11.5. The van der Waals surface area contributed by atoms with Crippen molar-refractivity contribution >= 4 is 23.3 Å². The highest BCUT2D eigenvalue weighted by Gasteiger charge is 2.13. The molecule has 0 aliphatic carbocycles. The minimum absolute atomic E-state index is 0.0652. The van der Waals surface area contributed by atoms with Crippen molar-refractivity contribution in [1.29, 1.82) is 0 Å². The lowest BCUT2D eigenvalue weighted by atomic mass is 10.2. The minimum atomic E-state index is -0.783. The van der Waals surface area contributed by atoms with Crippen LogP contribution in [0.3, 0.4) is 0 Å². The number of esters is 1. The van der Waals surface area contributed by atoms with Gasteiger partial charge in [0.05, 0.1) is 32.0 Å². The molecule has 0 aliphatic heterocycles. The van der Waals surface area contributed by atoms with Crippen LogP contribution in [0.5, 0.6) is 5.75 Å². The lowest BCUT2D eigenvalue weighted by Gasteiger charge is -2.11. The molecule has 0 spiro atoms. The van der Waals surface area contributed by atoms with Crippen molar-refractivity contribution in [2.75, 3.05) is 31.4 Å². The van der Waals surface area contributed by atoms with Gasteiger partial charge < -0.3 is 20.1 Å². The Hall–Kier alpha value is -3.09. The van der Waals surface area contributed by atoms with Crippen LogP contribution in [0.1, 0.15) is 10.4 Å². The van der Waals surface area contributed by atoms with Gasteiger partial charge in [0.1, 0.15) is 11.6 Å². The first kappa shape index (κ1) is 17.3. The molecule has 7 heteroatoms. The molecule has 0 aliphatic rings. The zero-order chi connectivity index (χ0) is 17.5. The van der Waals surface area contributed by atoms with Crippen LogP contribution in [-0.2, 0) is 9.53 Å². The number of hydrogen-bond donors (Lipinski definition) is 2. The van der Waals surface area contributed by atoms with E-state index in [0.29, 0.717) is 17.1 Å². The predicted molar refractivity (Wildman–Crippen MR) is 87.9 cm³/mol. The number of carbonyl (C=O) groups is 2. The van der Waals surface area contributed by atoms with Gasteiger partial charge in [-0.3, -0.25) is 4.79 Å². The third kappa shape index (κ3) is 4.22. The average molecular weight is 332 g/mol. The van der Waals surface area contributed by atoms with E-state index in [-0.39, 0.29) is 18.0 Å². The Labute approximate surface area is 138 Å². The number of amides is 1. The topological polar surface area (TPSA) is 76.7 Å². The van der Waals surface area contributed by atoms with Crippen molar-refractivity contribution in [1.82, 2.24) is 0 Å². The third-order valence-electron chi connectivity index (χ3n) is 3.21. The van der Waals surface area contributed by atoms with Gasteiger partial charge in [0, 0.05) is 5.69 Å². The molecular weight excluding hydrogens is 315 g/mol. The van der Waals surface area contributed by atoms with Crippen LogP contribution in [0.25, 0.3) is 0 Å². The van der Waals surface area contributed by atoms with E-state index in [1.54, 1.807) is 24.3 Å². The van der Waals surface area contributed by atoms with Crippen LogP contribution in [0.2, 0.25) is 0 Å². The van der Waals surface area contributed by atoms with Crippen LogP contribution >= 0.6 is 0 Å². The number of halogens is 1. The van der Waals surface area contributed by atoms with Gasteiger partial charge in [-0.15, -0.1) is 0 Å². The molecule has 2 aromatic rings. The summed E-state index contributed by atoms with van der Waals surface area (Å²) in [5, 5.41) is 5.52. The number of hydrogen-bond acceptors (Lipinski definition) is 5. The molecule has 0 saturated carbocycles. The quantitative estimate of drug-likeness (QED) is 0.796. The molecule has 2 rings (SSSR count). The Bertz CT molecular complexity index is 749. The fraction of sp³-hybridized carbons (Fsp3) is 0.176. The van der Waals surface area contributed by atoms with Crippen LogP contribution in [-0.4, -0.2) is 32.6 Å². The van der Waals surface area contributed by atoms with E-state index >= 15 is 0 Å². The summed E-state index contributed by atoms with van der Waals surface area (Å²) in [4.78, 5) is 23.5. The van der Waals surface area contributed by atoms with E-state index in [0.717, 1.165) is 6.07 Å². The average Bonchev–Trinajstić information content (AvgIpc) is 2.60. The van der Waals surface area contributed by atoms with Gasteiger partial charge in [0.2, 0.25) is 5.91 Å². The van der Waals surface area contributed by atoms with E-state index in [4.69, 9.17) is 4.74 Å². The third-order valence-corrected chi connectivity index (χ3v) is 3.21. The summed E-state index contributed by atoms with van der Waals surface area (Å²) < 4.78 is 23.2. The minimum Gasteiger partial charge on any atom is -0.495 e. The van der Waals surface area contributed by atoms with Gasteiger partial charge in [-0.25, -0.2) is 9.18 Å². The second-order valence-electron chi connectivity index (χ2n) is 4.79. The maximum absolute atomic E-state index is 13.6. The molecule has 1 amide bonds. The molecule has 126 valence electrons. The van der Waals surface area contributed by atoms with Gasteiger partial charge in [-0.1, -0.05) is 12.1 Å². The van der Waals surface area contributed by atoms with Gasteiger partial charge in [0.25, 0.3) is 0 Å². The molecule has 6 nitrogen and oxygen atoms in total. The highest BCUT2D eigenvalue weighted by atomic mass is 19.1. The van der Waals surface area contributed by atoms with Gasteiger partial charge in [-0.2, -0.15) is 0 Å². The molecular formula is C17H17FN2O4. The van der Waals surface area contributed by atoms with Crippen LogP contribution in [0, 0.1) is 5.82 Å². The van der Waals surface area contributed by atoms with Crippen LogP contribution < -0.4 is 15.4 Å². The van der Waals surface area contributed by atoms with Crippen molar-refractivity contribution in [2.24, 2.45) is 0 Å². The summed E-state index contributed by atoms with van der Waals surface area (Å²) in [6.45, 7) is -0.0652. The summed E-state index contributed by atoms with van der Waals surface area (Å²) in [7, 11) is 2.68. The summed E-state index contributed by atoms with van der Waals surface area (Å²) in [6.07, 6.45) is 0. The zero-order valence-electron chi connectivity index (χ0n) is 13.3. The Morgan fingerprint density at radius 1 is 1.12 bits per heavy atom. The summed E-state index contributed by atoms with van der Waals surface area (Å²) in [5.41, 5.74) is 0.765. The Morgan fingerprint density at radius 3 is 2.58 bits per heavy atom. The molecule has 0 unspecified atom stereocenters. The smallest absolute Gasteiger partial charge is 0.340 e. The first-order valence-corrected chi connectivity index (χ1v) is 7.09. The molecule has 0 saturated heterocycles. The molecule has 2 N–H and O–H groups in total. The Morgan fingerprint density at radius 2 is 1.88 bits per heavy atom. The van der Waals surface area contributed by atoms with E-state index in [2.05, 4.69) is 15.4 Å². The largest absolute Gasteiger partial charge is 0.495 e. The lowest BCUT2D eigenvalue weighted by Crippen LogP contribution is -2.22. The monoisotopic (exact) mass is 332 g/mol. The fourth-order valence-electron chi connectivity index (χ4n) is 2.03. The highest BCUT2D eigenvalue weighted by Crippen LogP contribution is 2.23. The van der Waals surface area contributed by atoms with Crippen LogP contribution in [0.4, 0.5) is 15.8 Å². The Kier molecular flexibility index (Phi) is 5.73. The fourth-order valence-corrected chi connectivity index (χ4v) is 2.03. The van der Waals surface area contributed by atoms with Crippen molar-refractivity contribution in [3.05, 3.63) is 53.8 Å². The molecule has 2 aromatic carbocycles. The van der Waals surface area contributed by atoms with Crippen LogP contribution in [0.15, 0.2) is 42.5 Å². The number of nitrogens with one attached hydrogen (secondary N) is 2. The molecule has 0 radical (unpaired) electrons. The highest BCUT2D eigenvalue weighted by molar-refractivity contribution is 5.95. The molecule has 24 heavy (non-hydrogen) atoms. The van der Waals surface area contributed by atoms with E-state index < -0.39 is 11.8 Å². The maximum Gasteiger partial charge on any atom is 0.340 e. The number of anilines is 2. The number of rotatable bonds is 6.